The van der Waals surface area contributed by atoms with Gasteiger partial charge in [0.25, 0.3) is 0 Å². The predicted molar refractivity (Wildman–Crippen MR) is 173 cm³/mol. The average molecular weight is 748 g/mol. The molecule has 0 N–H and O–H groups in total. The molecule has 0 atom stereocenters. The molecule has 0 spiro atoms. The van der Waals surface area contributed by atoms with Crippen LogP contribution in [0.1, 0.15) is 31.9 Å². The molecule has 0 aliphatic rings. The van der Waals surface area contributed by atoms with Crippen molar-refractivity contribution in [1.82, 2.24) is 9.97 Å². The van der Waals surface area contributed by atoms with Crippen LogP contribution in [-0.4, -0.2) is 9.97 Å². The largest absolute Gasteiger partial charge is 0.500 e. The molecule has 0 aliphatic heterocycles. The van der Waals surface area contributed by atoms with Crippen LogP contribution in [0, 0.1) is 23.5 Å². The van der Waals surface area contributed by atoms with Crippen LogP contribution in [0.15, 0.2) is 126 Å². The van der Waals surface area contributed by atoms with E-state index in [9.17, 15) is 0 Å². The second-order valence-corrected chi connectivity index (χ2v) is 11.2. The van der Waals surface area contributed by atoms with E-state index in [1.165, 1.54) is 5.56 Å². The van der Waals surface area contributed by atoms with Gasteiger partial charge < -0.3 is 14.4 Å². The Labute approximate surface area is 271 Å². The molecular weight excluding hydrogens is 719 g/mol. The SMILES string of the molecule is CC(C)(C)c1ccc(-c2[c-]cccc2)nc1.N#Cc1ccc(-c2cccc3c2oc2c(-c4ccccn4)[c-]ccc23)cc1.[Ir]. The molecule has 5 heteroatoms. The molecule has 0 saturated heterocycles. The maximum absolute atomic E-state index is 9.03. The molecule has 3 heterocycles. The van der Waals surface area contributed by atoms with E-state index in [0.29, 0.717) is 5.56 Å². The molecule has 0 amide bonds. The molecule has 0 aliphatic carbocycles. The number of para-hydroxylation sites is 1. The van der Waals surface area contributed by atoms with E-state index in [0.717, 1.165) is 55.6 Å². The van der Waals surface area contributed by atoms with Gasteiger partial charge >= 0.3 is 0 Å². The molecule has 7 rings (SSSR count). The fourth-order valence-corrected chi connectivity index (χ4v) is 4.97. The van der Waals surface area contributed by atoms with Crippen molar-refractivity contribution in [3.05, 3.63) is 145 Å². The van der Waals surface area contributed by atoms with E-state index in [2.05, 4.69) is 67.1 Å². The standard InChI is InChI=1S/C24H13N2O.C15H16N.Ir/c25-15-16-10-12-17(13-11-16)18-5-3-6-19-20-7-4-8-21(24(20)27-23(18)19)22-9-1-2-14-26-22;1-15(2,3)13-9-10-14(16-11-13)12-7-5-4-6-8-12;/h1-7,9-14H;4-7,9-11H,1-3H3;/q2*-1;. The quantitative estimate of drug-likeness (QED) is 0.169. The van der Waals surface area contributed by atoms with E-state index < -0.39 is 0 Å². The average Bonchev–Trinajstić information content (AvgIpc) is 3.45. The minimum absolute atomic E-state index is 0. The van der Waals surface area contributed by atoms with Gasteiger partial charge in [-0.1, -0.05) is 86.3 Å². The molecule has 217 valence electrons. The molecule has 7 aromatic rings. The van der Waals surface area contributed by atoms with Crippen molar-refractivity contribution >= 4 is 21.9 Å². The summed E-state index contributed by atoms with van der Waals surface area (Å²) in [6.07, 6.45) is 3.73. The summed E-state index contributed by atoms with van der Waals surface area (Å²) in [7, 11) is 0. The third-order valence-corrected chi connectivity index (χ3v) is 7.32. The molecule has 0 fully saturated rings. The van der Waals surface area contributed by atoms with Gasteiger partial charge in [0.15, 0.2) is 0 Å². The van der Waals surface area contributed by atoms with Crippen LogP contribution in [-0.2, 0) is 25.5 Å². The van der Waals surface area contributed by atoms with Crippen LogP contribution in [0.25, 0.3) is 55.6 Å². The first-order valence-electron chi connectivity index (χ1n) is 14.1. The van der Waals surface area contributed by atoms with Gasteiger partial charge in [0, 0.05) is 43.4 Å². The summed E-state index contributed by atoms with van der Waals surface area (Å²) in [5.41, 5.74) is 9.40. The second kappa shape index (κ2) is 13.2. The van der Waals surface area contributed by atoms with E-state index in [-0.39, 0.29) is 25.5 Å². The normalized spacial score (nSPS) is 10.9. The van der Waals surface area contributed by atoms with Gasteiger partial charge in [-0.2, -0.15) is 5.26 Å². The Bertz CT molecular complexity index is 2040. The number of nitrogens with zero attached hydrogens (tertiary/aromatic N) is 3. The third kappa shape index (κ3) is 6.38. The van der Waals surface area contributed by atoms with Crippen LogP contribution in [0.2, 0.25) is 0 Å². The molecular formula is C39H29IrN3O-2. The molecule has 4 aromatic carbocycles. The smallest absolute Gasteiger partial charge is 0.128 e. The number of rotatable bonds is 3. The van der Waals surface area contributed by atoms with Gasteiger partial charge in [-0.25, -0.2) is 0 Å². The number of hydrogen-bond donors (Lipinski definition) is 0. The minimum atomic E-state index is 0. The van der Waals surface area contributed by atoms with Gasteiger partial charge in [-0.3, -0.25) is 0 Å². The summed E-state index contributed by atoms with van der Waals surface area (Å²) < 4.78 is 6.34. The van der Waals surface area contributed by atoms with Crippen molar-refractivity contribution in [1.29, 1.82) is 5.26 Å². The fraction of sp³-hybridized carbons (Fsp3) is 0.103. The van der Waals surface area contributed by atoms with Crippen molar-refractivity contribution in [2.75, 3.05) is 0 Å². The predicted octanol–water partition coefficient (Wildman–Crippen LogP) is 9.83. The van der Waals surface area contributed by atoms with Gasteiger partial charge in [0.2, 0.25) is 0 Å². The molecule has 4 nitrogen and oxygen atoms in total. The molecule has 44 heavy (non-hydrogen) atoms. The molecule has 0 saturated carbocycles. The van der Waals surface area contributed by atoms with Crippen molar-refractivity contribution in [2.45, 2.75) is 26.2 Å². The van der Waals surface area contributed by atoms with Crippen molar-refractivity contribution in [3.63, 3.8) is 0 Å². The Hall–Kier alpha value is -4.88. The molecule has 1 radical (unpaired) electrons. The molecule has 3 aromatic heterocycles. The zero-order valence-electron chi connectivity index (χ0n) is 24.6. The van der Waals surface area contributed by atoms with Crippen LogP contribution in [0.3, 0.4) is 0 Å². The first-order chi connectivity index (χ1) is 20.9. The monoisotopic (exact) mass is 748 g/mol. The van der Waals surface area contributed by atoms with E-state index in [1.807, 2.05) is 97.2 Å². The number of pyridine rings is 2. The zero-order valence-corrected chi connectivity index (χ0v) is 27.0. The van der Waals surface area contributed by atoms with Gasteiger partial charge in [-0.15, -0.1) is 54.1 Å². The summed E-state index contributed by atoms with van der Waals surface area (Å²) >= 11 is 0. The van der Waals surface area contributed by atoms with E-state index in [1.54, 1.807) is 6.20 Å². The summed E-state index contributed by atoms with van der Waals surface area (Å²) in [5, 5.41) is 11.1. The molecule has 0 unspecified atom stereocenters. The van der Waals surface area contributed by atoms with Crippen LogP contribution >= 0.6 is 0 Å². The van der Waals surface area contributed by atoms with Crippen LogP contribution in [0.5, 0.6) is 0 Å². The van der Waals surface area contributed by atoms with Crippen molar-refractivity contribution in [3.8, 4) is 39.7 Å². The van der Waals surface area contributed by atoms with Crippen LogP contribution in [0.4, 0.5) is 0 Å². The number of fused-ring (bicyclic) bond motifs is 3. The van der Waals surface area contributed by atoms with Crippen molar-refractivity contribution < 1.29 is 24.5 Å². The Morgan fingerprint density at radius 2 is 1.50 bits per heavy atom. The van der Waals surface area contributed by atoms with E-state index >= 15 is 0 Å². The van der Waals surface area contributed by atoms with Gasteiger partial charge in [-0.05, 0) is 46.1 Å². The first kappa shape index (κ1) is 30.6. The van der Waals surface area contributed by atoms with Crippen molar-refractivity contribution in [2.24, 2.45) is 0 Å². The Balaban J connectivity index is 0.000000194. The fourth-order valence-electron chi connectivity index (χ4n) is 4.97. The second-order valence-electron chi connectivity index (χ2n) is 11.2. The number of furan rings is 1. The van der Waals surface area contributed by atoms with Gasteiger partial charge in [0.05, 0.1) is 17.2 Å². The number of aromatic nitrogens is 2. The third-order valence-electron chi connectivity index (χ3n) is 7.32. The summed E-state index contributed by atoms with van der Waals surface area (Å²) in [6, 6.07) is 44.1. The Kier molecular flexibility index (Phi) is 9.16. The first-order valence-corrected chi connectivity index (χ1v) is 14.1. The summed E-state index contributed by atoms with van der Waals surface area (Å²) in [6.45, 7) is 6.58. The zero-order chi connectivity index (χ0) is 29.8. The maximum atomic E-state index is 9.03. The Morgan fingerprint density at radius 3 is 2.16 bits per heavy atom. The minimum Gasteiger partial charge on any atom is -0.500 e. The number of nitriles is 1. The van der Waals surface area contributed by atoms with Gasteiger partial charge in [0.1, 0.15) is 5.58 Å². The number of hydrogen-bond acceptors (Lipinski definition) is 4. The molecule has 0 bridgehead atoms. The number of benzene rings is 4. The maximum Gasteiger partial charge on any atom is 0.128 e. The summed E-state index contributed by atoms with van der Waals surface area (Å²) in [4.78, 5) is 8.93. The Morgan fingerprint density at radius 1 is 0.705 bits per heavy atom. The van der Waals surface area contributed by atoms with Crippen LogP contribution < -0.4 is 0 Å². The topological polar surface area (TPSA) is 62.7 Å². The summed E-state index contributed by atoms with van der Waals surface area (Å²) in [5.74, 6) is 0. The van der Waals surface area contributed by atoms with E-state index in [4.69, 9.17) is 9.68 Å².